The maximum Gasteiger partial charge on any atom is 0.336 e. The third-order valence-corrected chi connectivity index (χ3v) is 3.38. The number of hydrogen-bond acceptors (Lipinski definition) is 4. The summed E-state index contributed by atoms with van der Waals surface area (Å²) in [5.41, 5.74) is 0.231. The van der Waals surface area contributed by atoms with E-state index >= 15 is 0 Å². The lowest BCUT2D eigenvalue weighted by Gasteiger charge is -2.17. The molecule has 108 valence electrons. The average molecular weight is 275 g/mol. The highest BCUT2D eigenvalue weighted by Crippen LogP contribution is 2.19. The molecule has 0 radical (unpaired) electrons. The minimum absolute atomic E-state index is 0.337. The quantitative estimate of drug-likeness (QED) is 0.575. The van der Waals surface area contributed by atoms with Crippen molar-refractivity contribution < 1.29 is 9.15 Å². The molecule has 0 unspecified atom stereocenters. The second kappa shape index (κ2) is 7.10. The van der Waals surface area contributed by atoms with Crippen molar-refractivity contribution in [2.24, 2.45) is 0 Å². The van der Waals surface area contributed by atoms with Gasteiger partial charge in [-0.1, -0.05) is 13.8 Å². The monoisotopic (exact) mass is 275 g/mol. The van der Waals surface area contributed by atoms with Gasteiger partial charge in [0, 0.05) is 24.1 Å². The van der Waals surface area contributed by atoms with Crippen molar-refractivity contribution in [3.05, 3.63) is 40.8 Å². The van der Waals surface area contributed by atoms with Gasteiger partial charge in [0.15, 0.2) is 0 Å². The van der Waals surface area contributed by atoms with Crippen molar-refractivity contribution >= 4 is 11.0 Å². The molecule has 1 heterocycles. The summed E-state index contributed by atoms with van der Waals surface area (Å²) in [4.78, 5) is 13.5. The molecule has 0 saturated heterocycles. The van der Waals surface area contributed by atoms with Gasteiger partial charge in [-0.15, -0.1) is 0 Å². The van der Waals surface area contributed by atoms with E-state index in [-0.39, 0.29) is 5.63 Å². The van der Waals surface area contributed by atoms with E-state index in [4.69, 9.17) is 9.15 Å². The van der Waals surface area contributed by atoms with E-state index in [0.29, 0.717) is 12.2 Å². The highest BCUT2D eigenvalue weighted by Gasteiger charge is 2.02. The summed E-state index contributed by atoms with van der Waals surface area (Å²) in [7, 11) is 0. The Morgan fingerprint density at radius 3 is 2.65 bits per heavy atom. The van der Waals surface area contributed by atoms with Gasteiger partial charge in [-0.3, -0.25) is 0 Å². The van der Waals surface area contributed by atoms with Crippen LogP contribution in [0.1, 0.15) is 20.3 Å². The summed E-state index contributed by atoms with van der Waals surface area (Å²) in [6.07, 6.45) is 0.985. The summed E-state index contributed by atoms with van der Waals surface area (Å²) >= 11 is 0. The Morgan fingerprint density at radius 2 is 1.90 bits per heavy atom. The molecule has 0 amide bonds. The molecule has 0 spiro atoms. The lowest BCUT2D eigenvalue weighted by Crippen LogP contribution is -2.25. The minimum Gasteiger partial charge on any atom is -0.493 e. The van der Waals surface area contributed by atoms with Gasteiger partial charge in [-0.2, -0.15) is 0 Å². The SMILES string of the molecule is CCN(CC)CCCOc1ccc2ccc(=O)oc2c1. The number of nitrogens with zero attached hydrogens (tertiary/aromatic N) is 1. The van der Waals surface area contributed by atoms with Crippen molar-refractivity contribution in [2.75, 3.05) is 26.2 Å². The first-order valence-corrected chi connectivity index (χ1v) is 7.12. The van der Waals surface area contributed by atoms with Crippen LogP contribution < -0.4 is 10.4 Å². The second-order valence-electron chi connectivity index (χ2n) is 4.68. The van der Waals surface area contributed by atoms with Crippen LogP contribution in [0.3, 0.4) is 0 Å². The number of hydrogen-bond donors (Lipinski definition) is 0. The summed E-state index contributed by atoms with van der Waals surface area (Å²) in [6, 6.07) is 8.75. The topological polar surface area (TPSA) is 42.7 Å². The van der Waals surface area contributed by atoms with Crippen LogP contribution in [0, 0.1) is 0 Å². The minimum atomic E-state index is -0.337. The zero-order chi connectivity index (χ0) is 14.4. The van der Waals surface area contributed by atoms with Gasteiger partial charge in [-0.25, -0.2) is 4.79 Å². The third-order valence-electron chi connectivity index (χ3n) is 3.38. The second-order valence-corrected chi connectivity index (χ2v) is 4.68. The average Bonchev–Trinajstić information content (AvgIpc) is 2.47. The van der Waals surface area contributed by atoms with Gasteiger partial charge in [0.2, 0.25) is 0 Å². The predicted molar refractivity (Wildman–Crippen MR) is 80.4 cm³/mol. The molecule has 0 aliphatic heterocycles. The summed E-state index contributed by atoms with van der Waals surface area (Å²) in [5.74, 6) is 0.742. The Bertz CT molecular complexity index is 602. The first-order chi connectivity index (χ1) is 9.72. The van der Waals surface area contributed by atoms with Crippen LogP contribution in [-0.4, -0.2) is 31.1 Å². The zero-order valence-corrected chi connectivity index (χ0v) is 12.1. The first-order valence-electron chi connectivity index (χ1n) is 7.12. The molecule has 0 aliphatic rings. The molecule has 0 saturated carbocycles. The van der Waals surface area contributed by atoms with Gasteiger partial charge >= 0.3 is 5.63 Å². The van der Waals surface area contributed by atoms with E-state index in [0.717, 1.165) is 37.2 Å². The van der Waals surface area contributed by atoms with Crippen LogP contribution >= 0.6 is 0 Å². The fourth-order valence-electron chi connectivity index (χ4n) is 2.15. The van der Waals surface area contributed by atoms with Gasteiger partial charge in [0.05, 0.1) is 6.61 Å². The standard InChI is InChI=1S/C16H21NO3/c1-3-17(4-2)10-5-11-19-14-8-6-13-7-9-16(18)20-15(13)12-14/h6-9,12H,3-5,10-11H2,1-2H3. The molecule has 2 rings (SSSR count). The summed E-state index contributed by atoms with van der Waals surface area (Å²) in [6.45, 7) is 8.16. The Morgan fingerprint density at radius 1 is 1.15 bits per heavy atom. The van der Waals surface area contributed by atoms with Crippen LogP contribution in [-0.2, 0) is 0 Å². The van der Waals surface area contributed by atoms with Crippen LogP contribution in [0.2, 0.25) is 0 Å². The lowest BCUT2D eigenvalue weighted by atomic mass is 10.2. The van der Waals surface area contributed by atoms with Gasteiger partial charge in [0.1, 0.15) is 11.3 Å². The molecule has 0 aliphatic carbocycles. The molecule has 0 bridgehead atoms. The van der Waals surface area contributed by atoms with E-state index in [9.17, 15) is 4.79 Å². The molecule has 4 heteroatoms. The van der Waals surface area contributed by atoms with E-state index < -0.39 is 0 Å². The third kappa shape index (κ3) is 3.84. The van der Waals surface area contributed by atoms with Crippen LogP contribution in [0.15, 0.2) is 39.5 Å². The fourth-order valence-corrected chi connectivity index (χ4v) is 2.15. The Kier molecular flexibility index (Phi) is 5.18. The van der Waals surface area contributed by atoms with E-state index in [1.165, 1.54) is 6.07 Å². The number of ether oxygens (including phenoxy) is 1. The molecule has 0 N–H and O–H groups in total. The molecule has 1 aromatic heterocycles. The molecule has 0 atom stereocenters. The number of benzene rings is 1. The fraction of sp³-hybridized carbons (Fsp3) is 0.438. The first kappa shape index (κ1) is 14.6. The largest absolute Gasteiger partial charge is 0.493 e. The molecular formula is C16H21NO3. The smallest absolute Gasteiger partial charge is 0.336 e. The normalized spacial score (nSPS) is 11.2. The Balaban J connectivity index is 1.91. The van der Waals surface area contributed by atoms with Crippen LogP contribution in [0.25, 0.3) is 11.0 Å². The van der Waals surface area contributed by atoms with Gasteiger partial charge < -0.3 is 14.1 Å². The Labute approximate surface area is 119 Å². The highest BCUT2D eigenvalue weighted by atomic mass is 16.5. The maximum atomic E-state index is 11.2. The molecule has 4 nitrogen and oxygen atoms in total. The molecular weight excluding hydrogens is 254 g/mol. The zero-order valence-electron chi connectivity index (χ0n) is 12.1. The number of rotatable bonds is 7. The number of fused-ring (bicyclic) bond motifs is 1. The van der Waals surface area contributed by atoms with Gasteiger partial charge in [0.25, 0.3) is 0 Å². The van der Waals surface area contributed by atoms with Crippen LogP contribution in [0.4, 0.5) is 0 Å². The molecule has 20 heavy (non-hydrogen) atoms. The van der Waals surface area contributed by atoms with Crippen molar-refractivity contribution in [1.82, 2.24) is 4.90 Å². The summed E-state index contributed by atoms with van der Waals surface area (Å²) in [5, 5.41) is 0.903. The van der Waals surface area contributed by atoms with E-state index in [2.05, 4.69) is 18.7 Å². The van der Waals surface area contributed by atoms with E-state index in [1.54, 1.807) is 12.1 Å². The van der Waals surface area contributed by atoms with Crippen molar-refractivity contribution in [3.8, 4) is 5.75 Å². The highest BCUT2D eigenvalue weighted by molar-refractivity contribution is 5.77. The lowest BCUT2D eigenvalue weighted by molar-refractivity contribution is 0.249. The predicted octanol–water partition coefficient (Wildman–Crippen LogP) is 2.90. The summed E-state index contributed by atoms with van der Waals surface area (Å²) < 4.78 is 10.8. The van der Waals surface area contributed by atoms with Gasteiger partial charge in [-0.05, 0) is 37.7 Å². The Hall–Kier alpha value is -1.81. The van der Waals surface area contributed by atoms with E-state index in [1.807, 2.05) is 12.1 Å². The molecule has 1 aromatic carbocycles. The van der Waals surface area contributed by atoms with Crippen molar-refractivity contribution in [3.63, 3.8) is 0 Å². The van der Waals surface area contributed by atoms with Crippen LogP contribution in [0.5, 0.6) is 5.75 Å². The molecule has 0 fully saturated rings. The maximum absolute atomic E-state index is 11.2. The van der Waals surface area contributed by atoms with Crippen molar-refractivity contribution in [2.45, 2.75) is 20.3 Å². The van der Waals surface area contributed by atoms with Crippen molar-refractivity contribution in [1.29, 1.82) is 0 Å². The molecule has 2 aromatic rings.